The van der Waals surface area contributed by atoms with Crippen molar-refractivity contribution < 1.29 is 13.5 Å². The summed E-state index contributed by atoms with van der Waals surface area (Å²) in [5.74, 6) is -0.681. The Morgan fingerprint density at radius 1 is 1.44 bits per heavy atom. The van der Waals surface area contributed by atoms with Gasteiger partial charge in [-0.25, -0.2) is 8.78 Å². The van der Waals surface area contributed by atoms with E-state index in [0.717, 1.165) is 0 Å². The third-order valence-corrected chi connectivity index (χ3v) is 3.36. The van der Waals surface area contributed by atoms with Crippen LogP contribution in [-0.4, -0.2) is 25.6 Å². The Kier molecular flexibility index (Phi) is 7.07. The minimum atomic E-state index is -0.579. The molecule has 0 saturated carbocycles. The predicted molar refractivity (Wildman–Crippen MR) is 71.9 cm³/mol. The average Bonchev–Trinajstić information content (AvgIpc) is 2.34. The van der Waals surface area contributed by atoms with E-state index in [-0.39, 0.29) is 22.6 Å². The summed E-state index contributed by atoms with van der Waals surface area (Å²) in [5.41, 5.74) is 0.0139. The van der Waals surface area contributed by atoms with Gasteiger partial charge in [-0.15, -0.1) is 11.6 Å². The Morgan fingerprint density at radius 2 is 2.17 bits per heavy atom. The van der Waals surface area contributed by atoms with Gasteiger partial charge in [-0.05, 0) is 34.5 Å². The normalized spacial score (nSPS) is 12.7. The lowest BCUT2D eigenvalue weighted by Gasteiger charge is -2.17. The number of hydrogen-bond donors (Lipinski definition) is 1. The minimum Gasteiger partial charge on any atom is -0.383 e. The van der Waals surface area contributed by atoms with Crippen molar-refractivity contribution in [2.75, 3.05) is 19.6 Å². The van der Waals surface area contributed by atoms with Gasteiger partial charge in [-0.1, -0.05) is 0 Å². The van der Waals surface area contributed by atoms with Crippen molar-refractivity contribution in [3.05, 3.63) is 33.8 Å². The zero-order chi connectivity index (χ0) is 13.5. The Hall–Kier alpha value is -0.230. The van der Waals surface area contributed by atoms with Gasteiger partial charge in [0.15, 0.2) is 0 Å². The standard InChI is InChI=1S/C12H15BrClF2NO/c1-18-7-8(4-5-14)17-6-9-11(15)3-2-10(13)12(9)16/h2-3,8,17H,4-7H2,1H3. The van der Waals surface area contributed by atoms with Crippen molar-refractivity contribution >= 4 is 27.5 Å². The zero-order valence-corrected chi connectivity index (χ0v) is 12.3. The molecule has 0 heterocycles. The summed E-state index contributed by atoms with van der Waals surface area (Å²) in [6, 6.07) is 2.56. The van der Waals surface area contributed by atoms with E-state index in [9.17, 15) is 8.78 Å². The van der Waals surface area contributed by atoms with Crippen LogP contribution < -0.4 is 5.32 Å². The first-order valence-corrected chi connectivity index (χ1v) is 6.83. The van der Waals surface area contributed by atoms with Crippen molar-refractivity contribution in [2.24, 2.45) is 0 Å². The largest absolute Gasteiger partial charge is 0.383 e. The van der Waals surface area contributed by atoms with Crippen LogP contribution in [0.4, 0.5) is 8.78 Å². The van der Waals surface area contributed by atoms with Crippen LogP contribution in [0.15, 0.2) is 16.6 Å². The summed E-state index contributed by atoms with van der Waals surface area (Å²) in [6.07, 6.45) is 0.673. The Morgan fingerprint density at radius 3 is 2.78 bits per heavy atom. The maximum atomic E-state index is 13.7. The summed E-state index contributed by atoms with van der Waals surface area (Å²) in [5, 5.41) is 3.04. The molecule has 1 aromatic carbocycles. The smallest absolute Gasteiger partial charge is 0.144 e. The third kappa shape index (κ3) is 4.46. The molecule has 1 rings (SSSR count). The van der Waals surface area contributed by atoms with Gasteiger partial charge in [-0.2, -0.15) is 0 Å². The van der Waals surface area contributed by atoms with Gasteiger partial charge < -0.3 is 10.1 Å². The number of halogens is 4. The molecule has 6 heteroatoms. The van der Waals surface area contributed by atoms with E-state index in [1.807, 2.05) is 0 Å². The topological polar surface area (TPSA) is 21.3 Å². The molecule has 0 aliphatic heterocycles. The highest BCUT2D eigenvalue weighted by Gasteiger charge is 2.14. The summed E-state index contributed by atoms with van der Waals surface area (Å²) < 4.78 is 32.5. The second kappa shape index (κ2) is 8.04. The summed E-state index contributed by atoms with van der Waals surface area (Å²) >= 11 is 8.68. The molecule has 18 heavy (non-hydrogen) atoms. The predicted octanol–water partition coefficient (Wildman–Crippen LogP) is 3.46. The number of rotatable bonds is 7. The molecule has 0 bridgehead atoms. The number of ether oxygens (including phenoxy) is 1. The molecule has 0 aromatic heterocycles. The van der Waals surface area contributed by atoms with Crippen LogP contribution in [0.2, 0.25) is 0 Å². The van der Waals surface area contributed by atoms with Gasteiger partial charge in [0.1, 0.15) is 11.6 Å². The molecule has 0 aliphatic carbocycles. The van der Waals surface area contributed by atoms with E-state index in [0.29, 0.717) is 18.9 Å². The molecule has 1 aromatic rings. The van der Waals surface area contributed by atoms with Crippen molar-refractivity contribution in [3.8, 4) is 0 Å². The van der Waals surface area contributed by atoms with E-state index in [1.54, 1.807) is 7.11 Å². The average molecular weight is 343 g/mol. The Labute approximate surface area is 119 Å². The fourth-order valence-corrected chi connectivity index (χ4v) is 2.19. The minimum absolute atomic E-state index is 0.0139. The molecule has 0 spiro atoms. The maximum absolute atomic E-state index is 13.7. The molecule has 0 amide bonds. The number of benzene rings is 1. The highest BCUT2D eigenvalue weighted by molar-refractivity contribution is 9.10. The second-order valence-corrected chi connectivity index (χ2v) is 5.06. The van der Waals surface area contributed by atoms with Crippen LogP contribution >= 0.6 is 27.5 Å². The molecular weight excluding hydrogens is 327 g/mol. The lowest BCUT2D eigenvalue weighted by molar-refractivity contribution is 0.163. The fourth-order valence-electron chi connectivity index (χ4n) is 1.55. The van der Waals surface area contributed by atoms with Crippen LogP contribution in [-0.2, 0) is 11.3 Å². The number of methoxy groups -OCH3 is 1. The molecule has 0 aliphatic rings. The second-order valence-electron chi connectivity index (χ2n) is 3.83. The lowest BCUT2D eigenvalue weighted by atomic mass is 10.1. The van der Waals surface area contributed by atoms with Crippen LogP contribution in [0.1, 0.15) is 12.0 Å². The summed E-state index contributed by atoms with van der Waals surface area (Å²) in [4.78, 5) is 0. The monoisotopic (exact) mass is 341 g/mol. The van der Waals surface area contributed by atoms with E-state index < -0.39 is 11.6 Å². The highest BCUT2D eigenvalue weighted by Crippen LogP contribution is 2.21. The molecule has 1 unspecified atom stereocenters. The third-order valence-electron chi connectivity index (χ3n) is 2.53. The van der Waals surface area contributed by atoms with Gasteiger partial charge in [0, 0.05) is 31.1 Å². The van der Waals surface area contributed by atoms with Crippen LogP contribution in [0.3, 0.4) is 0 Å². The van der Waals surface area contributed by atoms with Crippen LogP contribution in [0.25, 0.3) is 0 Å². The van der Waals surface area contributed by atoms with Gasteiger partial charge in [-0.3, -0.25) is 0 Å². The summed E-state index contributed by atoms with van der Waals surface area (Å²) in [6.45, 7) is 0.548. The van der Waals surface area contributed by atoms with E-state index >= 15 is 0 Å². The first-order chi connectivity index (χ1) is 8.60. The number of hydrogen-bond acceptors (Lipinski definition) is 2. The van der Waals surface area contributed by atoms with E-state index in [1.165, 1.54) is 12.1 Å². The molecule has 102 valence electrons. The lowest BCUT2D eigenvalue weighted by Crippen LogP contribution is -2.33. The van der Waals surface area contributed by atoms with Crippen molar-refractivity contribution in [1.82, 2.24) is 5.32 Å². The molecular formula is C12H15BrClF2NO. The molecule has 2 nitrogen and oxygen atoms in total. The maximum Gasteiger partial charge on any atom is 0.144 e. The Balaban J connectivity index is 2.69. The highest BCUT2D eigenvalue weighted by atomic mass is 79.9. The van der Waals surface area contributed by atoms with E-state index in [2.05, 4.69) is 21.2 Å². The first kappa shape index (κ1) is 15.8. The van der Waals surface area contributed by atoms with Crippen LogP contribution in [0, 0.1) is 11.6 Å². The van der Waals surface area contributed by atoms with Crippen molar-refractivity contribution in [3.63, 3.8) is 0 Å². The number of nitrogens with one attached hydrogen (secondary N) is 1. The zero-order valence-electron chi connectivity index (χ0n) is 9.98. The van der Waals surface area contributed by atoms with Gasteiger partial charge in [0.25, 0.3) is 0 Å². The quantitative estimate of drug-likeness (QED) is 0.605. The SMILES string of the molecule is COCC(CCCl)NCc1c(F)ccc(Br)c1F. The number of alkyl halides is 1. The summed E-state index contributed by atoms with van der Waals surface area (Å²) in [7, 11) is 1.57. The van der Waals surface area contributed by atoms with Gasteiger partial charge in [0.05, 0.1) is 11.1 Å². The molecule has 0 fully saturated rings. The Bertz CT molecular complexity index is 387. The van der Waals surface area contributed by atoms with Gasteiger partial charge in [0.2, 0.25) is 0 Å². The van der Waals surface area contributed by atoms with Crippen molar-refractivity contribution in [2.45, 2.75) is 19.0 Å². The molecule has 1 N–H and O–H groups in total. The molecule has 0 radical (unpaired) electrons. The fraction of sp³-hybridized carbons (Fsp3) is 0.500. The molecule has 1 atom stereocenters. The molecule has 0 saturated heterocycles. The first-order valence-electron chi connectivity index (χ1n) is 5.50. The van der Waals surface area contributed by atoms with Crippen LogP contribution in [0.5, 0.6) is 0 Å². The van der Waals surface area contributed by atoms with E-state index in [4.69, 9.17) is 16.3 Å². The van der Waals surface area contributed by atoms with Gasteiger partial charge >= 0.3 is 0 Å². The van der Waals surface area contributed by atoms with Crippen molar-refractivity contribution in [1.29, 1.82) is 0 Å².